The number of amides is 2. The Morgan fingerprint density at radius 2 is 1.56 bits per heavy atom. The van der Waals surface area contributed by atoms with Crippen molar-refractivity contribution in [1.82, 2.24) is 4.90 Å². The van der Waals surface area contributed by atoms with Gasteiger partial charge in [0.2, 0.25) is 5.91 Å². The van der Waals surface area contributed by atoms with E-state index in [-0.39, 0.29) is 24.5 Å². The fourth-order valence-corrected chi connectivity index (χ4v) is 5.37. The van der Waals surface area contributed by atoms with E-state index in [0.717, 1.165) is 11.3 Å². The molecule has 0 radical (unpaired) electrons. The van der Waals surface area contributed by atoms with Gasteiger partial charge in [0.05, 0.1) is 16.5 Å². The van der Waals surface area contributed by atoms with Crippen molar-refractivity contribution in [1.29, 1.82) is 0 Å². The van der Waals surface area contributed by atoms with Gasteiger partial charge in [-0.25, -0.2) is 0 Å². The van der Waals surface area contributed by atoms with E-state index in [0.29, 0.717) is 41.7 Å². The van der Waals surface area contributed by atoms with E-state index in [1.165, 1.54) is 0 Å². The molecule has 2 heterocycles. The van der Waals surface area contributed by atoms with Crippen LogP contribution in [0.25, 0.3) is 0 Å². The van der Waals surface area contributed by atoms with Crippen LogP contribution in [-0.4, -0.2) is 36.4 Å². The van der Waals surface area contributed by atoms with Crippen LogP contribution in [0.5, 0.6) is 5.75 Å². The van der Waals surface area contributed by atoms with Crippen molar-refractivity contribution >= 4 is 40.7 Å². The number of anilines is 1. The molecule has 1 spiro atoms. The number of carbonyl (C=O) groups excluding carboxylic acids is 2. The summed E-state index contributed by atoms with van der Waals surface area (Å²) in [7, 11) is 0. The summed E-state index contributed by atoms with van der Waals surface area (Å²) in [4.78, 5) is 30.0. The second-order valence-corrected chi connectivity index (χ2v) is 9.56. The number of rotatable bonds is 5. The van der Waals surface area contributed by atoms with Gasteiger partial charge in [-0.05, 0) is 54.8 Å². The first-order valence-corrected chi connectivity index (χ1v) is 12.0. The van der Waals surface area contributed by atoms with Crippen LogP contribution in [0.3, 0.4) is 0 Å². The average molecular weight is 495 g/mol. The zero-order valence-corrected chi connectivity index (χ0v) is 20.0. The minimum Gasteiger partial charge on any atom is -0.482 e. The Balaban J connectivity index is 1.32. The van der Waals surface area contributed by atoms with Crippen LogP contribution >= 0.6 is 23.2 Å². The smallest absolute Gasteiger partial charge is 0.260 e. The predicted molar refractivity (Wildman–Crippen MR) is 133 cm³/mol. The van der Waals surface area contributed by atoms with E-state index < -0.39 is 5.41 Å². The first-order chi connectivity index (χ1) is 16.5. The van der Waals surface area contributed by atoms with Crippen LogP contribution in [0, 0.1) is 5.41 Å². The maximum Gasteiger partial charge on any atom is 0.260 e. The third-order valence-corrected chi connectivity index (χ3v) is 7.41. The molecule has 0 bridgehead atoms. The Morgan fingerprint density at radius 1 is 0.912 bits per heavy atom. The molecule has 34 heavy (non-hydrogen) atoms. The van der Waals surface area contributed by atoms with Gasteiger partial charge in [0.25, 0.3) is 5.91 Å². The molecular formula is C27H24Cl2N2O3. The number of para-hydroxylation sites is 2. The van der Waals surface area contributed by atoms with Crippen LogP contribution in [0.1, 0.15) is 24.4 Å². The molecule has 5 nitrogen and oxygen atoms in total. The number of ether oxygens (including phenoxy) is 1. The molecular weight excluding hydrogens is 471 g/mol. The fraction of sp³-hybridized carbons (Fsp3) is 0.259. The minimum atomic E-state index is -0.538. The number of nitrogens with zero attached hydrogens (tertiary/aromatic N) is 2. The summed E-state index contributed by atoms with van der Waals surface area (Å²) in [5.41, 5.74) is 1.39. The normalized spacial score (nSPS) is 19.1. The molecule has 5 rings (SSSR count). The zero-order chi connectivity index (χ0) is 23.7. The molecule has 2 aliphatic heterocycles. The molecule has 3 aromatic carbocycles. The molecule has 2 saturated heterocycles. The van der Waals surface area contributed by atoms with Gasteiger partial charge in [0, 0.05) is 23.8 Å². The molecule has 1 atom stereocenters. The molecule has 7 heteroatoms. The first kappa shape index (κ1) is 22.8. The largest absolute Gasteiger partial charge is 0.482 e. The number of carbonyl (C=O) groups is 2. The monoisotopic (exact) mass is 494 g/mol. The van der Waals surface area contributed by atoms with Gasteiger partial charge < -0.3 is 14.5 Å². The Kier molecular flexibility index (Phi) is 6.24. The first-order valence-electron chi connectivity index (χ1n) is 11.3. The lowest BCUT2D eigenvalue weighted by atomic mass is 9.62. The second-order valence-electron chi connectivity index (χ2n) is 8.72. The van der Waals surface area contributed by atoms with Crippen LogP contribution < -0.4 is 9.64 Å². The molecule has 3 aromatic rings. The molecule has 0 saturated carbocycles. The standard InChI is InChI=1S/C27H24Cl2N2O3/c28-20-12-10-19(11-13-20)25-27(26(33)31(25)21-6-2-1-3-7-21)14-16-30(17-15-27)24(32)18-34-23-9-5-4-8-22(23)29/h1-13,25H,14-18H2. The van der Waals surface area contributed by atoms with Crippen LogP contribution in [0.2, 0.25) is 10.0 Å². The van der Waals surface area contributed by atoms with Gasteiger partial charge in [0.1, 0.15) is 5.75 Å². The van der Waals surface area contributed by atoms with Gasteiger partial charge in [0.15, 0.2) is 6.61 Å². The number of likely N-dealkylation sites (tertiary alicyclic amines) is 1. The van der Waals surface area contributed by atoms with Gasteiger partial charge in [-0.2, -0.15) is 0 Å². The lowest BCUT2D eigenvalue weighted by Gasteiger charge is -2.59. The van der Waals surface area contributed by atoms with Crippen molar-refractivity contribution in [2.75, 3.05) is 24.6 Å². The minimum absolute atomic E-state index is 0.0819. The SMILES string of the molecule is O=C(COc1ccccc1Cl)N1CCC2(CC1)C(=O)N(c1ccccc1)C2c1ccc(Cl)cc1. The summed E-state index contributed by atoms with van der Waals surface area (Å²) in [5.74, 6) is 0.490. The summed E-state index contributed by atoms with van der Waals surface area (Å²) in [6.07, 6.45) is 1.20. The fourth-order valence-electron chi connectivity index (χ4n) is 5.06. The number of hydrogen-bond donors (Lipinski definition) is 0. The maximum atomic E-state index is 13.6. The van der Waals surface area contributed by atoms with Gasteiger partial charge in [-0.3, -0.25) is 9.59 Å². The van der Waals surface area contributed by atoms with Crippen molar-refractivity contribution in [3.8, 4) is 5.75 Å². The van der Waals surface area contributed by atoms with Crippen molar-refractivity contribution < 1.29 is 14.3 Å². The molecule has 2 aliphatic rings. The summed E-state index contributed by atoms with van der Waals surface area (Å²) in [6, 6.07) is 24.4. The zero-order valence-electron chi connectivity index (χ0n) is 18.5. The lowest BCUT2D eigenvalue weighted by molar-refractivity contribution is -0.149. The van der Waals surface area contributed by atoms with E-state index in [1.54, 1.807) is 17.0 Å². The highest BCUT2D eigenvalue weighted by molar-refractivity contribution is 6.32. The van der Waals surface area contributed by atoms with Crippen molar-refractivity contribution in [3.63, 3.8) is 0 Å². The summed E-state index contributed by atoms with van der Waals surface area (Å²) in [6.45, 7) is 0.924. The Bertz CT molecular complexity index is 1190. The summed E-state index contributed by atoms with van der Waals surface area (Å²) >= 11 is 12.3. The number of halogens is 2. The summed E-state index contributed by atoms with van der Waals surface area (Å²) in [5, 5.41) is 1.13. The summed E-state index contributed by atoms with van der Waals surface area (Å²) < 4.78 is 5.63. The third-order valence-electron chi connectivity index (χ3n) is 6.84. The number of β-lactam (4-membered cyclic amide) rings is 1. The van der Waals surface area contributed by atoms with E-state index >= 15 is 0 Å². The third kappa shape index (κ3) is 4.04. The highest BCUT2D eigenvalue weighted by Gasteiger charge is 2.62. The molecule has 174 valence electrons. The molecule has 1 unspecified atom stereocenters. The van der Waals surface area contributed by atoms with E-state index in [9.17, 15) is 9.59 Å². The van der Waals surface area contributed by atoms with E-state index in [2.05, 4.69) is 0 Å². The van der Waals surface area contributed by atoms with E-state index in [1.807, 2.05) is 71.6 Å². The highest BCUT2D eigenvalue weighted by Crippen LogP contribution is 2.57. The van der Waals surface area contributed by atoms with E-state index in [4.69, 9.17) is 27.9 Å². The maximum absolute atomic E-state index is 13.6. The van der Waals surface area contributed by atoms with Crippen LogP contribution in [0.15, 0.2) is 78.9 Å². The van der Waals surface area contributed by atoms with Gasteiger partial charge >= 0.3 is 0 Å². The van der Waals surface area contributed by atoms with Crippen molar-refractivity contribution in [3.05, 3.63) is 94.5 Å². The Hall–Kier alpha value is -3.02. The highest BCUT2D eigenvalue weighted by atomic mass is 35.5. The van der Waals surface area contributed by atoms with Crippen molar-refractivity contribution in [2.45, 2.75) is 18.9 Å². The van der Waals surface area contributed by atoms with Crippen LogP contribution in [-0.2, 0) is 9.59 Å². The average Bonchev–Trinajstić information content (AvgIpc) is 2.87. The van der Waals surface area contributed by atoms with Gasteiger partial charge in [-0.1, -0.05) is 65.7 Å². The molecule has 0 N–H and O–H groups in total. The quantitative estimate of drug-likeness (QED) is 0.423. The van der Waals surface area contributed by atoms with Crippen molar-refractivity contribution in [2.24, 2.45) is 5.41 Å². The molecule has 2 fully saturated rings. The molecule has 2 amide bonds. The second kappa shape index (κ2) is 9.32. The number of benzene rings is 3. The predicted octanol–water partition coefficient (Wildman–Crippen LogP) is 5.77. The lowest BCUT2D eigenvalue weighted by Crippen LogP contribution is -2.67. The topological polar surface area (TPSA) is 49.9 Å². The molecule has 0 aliphatic carbocycles. The Morgan fingerprint density at radius 3 is 2.24 bits per heavy atom. The number of piperidine rings is 1. The molecule has 0 aromatic heterocycles. The van der Waals surface area contributed by atoms with Crippen LogP contribution in [0.4, 0.5) is 5.69 Å². The Labute approximate surface area is 208 Å². The number of hydrogen-bond acceptors (Lipinski definition) is 3. The van der Waals surface area contributed by atoms with Gasteiger partial charge in [-0.15, -0.1) is 0 Å².